The molecule has 1 amide bonds. The maximum Gasteiger partial charge on any atom is 0.354 e. The number of hydrogen-bond acceptors (Lipinski definition) is 4. The highest BCUT2D eigenvalue weighted by Gasteiger charge is 2.32. The molecule has 0 N–H and O–H groups in total. The number of ether oxygens (including phenoxy) is 1. The van der Waals surface area contributed by atoms with Crippen molar-refractivity contribution in [1.29, 1.82) is 0 Å². The molecule has 2 rings (SSSR count). The van der Waals surface area contributed by atoms with E-state index in [9.17, 15) is 14.4 Å². The average Bonchev–Trinajstić information content (AvgIpc) is 2.95. The third kappa shape index (κ3) is 5.18. The molecular formula is C24H31ClN2O4. The third-order valence-corrected chi connectivity index (χ3v) is 5.95. The Morgan fingerprint density at radius 3 is 2.19 bits per heavy atom. The second-order valence-electron chi connectivity index (χ2n) is 8.21. The zero-order valence-corrected chi connectivity index (χ0v) is 20.0. The Morgan fingerprint density at radius 2 is 1.68 bits per heavy atom. The molecule has 31 heavy (non-hydrogen) atoms. The van der Waals surface area contributed by atoms with Crippen LogP contribution in [0.25, 0.3) is 0 Å². The highest BCUT2D eigenvalue weighted by molar-refractivity contribution is 6.30. The van der Waals surface area contributed by atoms with Gasteiger partial charge in [0.05, 0.1) is 13.2 Å². The van der Waals surface area contributed by atoms with Crippen molar-refractivity contribution in [3.63, 3.8) is 0 Å². The summed E-state index contributed by atoms with van der Waals surface area (Å²) in [6, 6.07) is 5.95. The van der Waals surface area contributed by atoms with Crippen LogP contribution in [-0.4, -0.2) is 46.8 Å². The van der Waals surface area contributed by atoms with Gasteiger partial charge in [0.2, 0.25) is 0 Å². The largest absolute Gasteiger partial charge is 0.464 e. The molecule has 0 fully saturated rings. The number of rotatable bonds is 8. The van der Waals surface area contributed by atoms with E-state index in [2.05, 4.69) is 13.8 Å². The van der Waals surface area contributed by atoms with Gasteiger partial charge in [0.1, 0.15) is 5.69 Å². The molecule has 6 nitrogen and oxygen atoms in total. The standard InChI is InChI=1S/C24H31ClN2O4/c1-14(2)12-13-27(23(29)18-8-10-19(25)11-9-18)17(5)22(28)20-15(3)21(24(30)31-7)26(6)16(20)4/h8-11,14,17H,12-13H2,1-7H3. The number of nitrogens with zero attached hydrogens (tertiary/aromatic N) is 2. The first-order valence-electron chi connectivity index (χ1n) is 10.4. The van der Waals surface area contributed by atoms with Crippen LogP contribution in [0.2, 0.25) is 5.02 Å². The number of amides is 1. The van der Waals surface area contributed by atoms with Gasteiger partial charge in [-0.15, -0.1) is 0 Å². The first-order valence-corrected chi connectivity index (χ1v) is 10.7. The molecule has 1 aromatic heterocycles. The van der Waals surface area contributed by atoms with E-state index in [4.69, 9.17) is 16.3 Å². The summed E-state index contributed by atoms with van der Waals surface area (Å²) in [5.74, 6) is -0.554. The first kappa shape index (κ1) is 24.7. The lowest BCUT2D eigenvalue weighted by Gasteiger charge is -2.29. The summed E-state index contributed by atoms with van der Waals surface area (Å²) >= 11 is 5.96. The second-order valence-corrected chi connectivity index (χ2v) is 8.65. The summed E-state index contributed by atoms with van der Waals surface area (Å²) in [7, 11) is 3.04. The van der Waals surface area contributed by atoms with Crippen LogP contribution in [0.15, 0.2) is 24.3 Å². The van der Waals surface area contributed by atoms with E-state index in [1.165, 1.54) is 7.11 Å². The molecule has 7 heteroatoms. The van der Waals surface area contributed by atoms with Gasteiger partial charge < -0.3 is 14.2 Å². The molecule has 1 unspecified atom stereocenters. The molecular weight excluding hydrogens is 416 g/mol. The minimum atomic E-state index is -0.702. The van der Waals surface area contributed by atoms with Gasteiger partial charge in [-0.25, -0.2) is 4.79 Å². The predicted molar refractivity (Wildman–Crippen MR) is 122 cm³/mol. The lowest BCUT2D eigenvalue weighted by molar-refractivity contribution is 0.0587. The van der Waals surface area contributed by atoms with Crippen molar-refractivity contribution in [2.24, 2.45) is 13.0 Å². The monoisotopic (exact) mass is 446 g/mol. The maximum atomic E-state index is 13.6. The van der Waals surface area contributed by atoms with Crippen molar-refractivity contribution in [3.8, 4) is 0 Å². The summed E-state index contributed by atoms with van der Waals surface area (Å²) < 4.78 is 6.55. The number of carbonyl (C=O) groups excluding carboxylic acids is 3. The smallest absolute Gasteiger partial charge is 0.354 e. The molecule has 0 saturated carbocycles. The Kier molecular flexibility index (Phi) is 8.07. The normalized spacial score (nSPS) is 12.0. The Bertz CT molecular complexity index is 976. The number of ketones is 1. The number of halogens is 1. The van der Waals surface area contributed by atoms with Crippen LogP contribution in [0.1, 0.15) is 69.7 Å². The molecule has 0 bridgehead atoms. The van der Waals surface area contributed by atoms with Gasteiger partial charge in [-0.05, 0) is 62.9 Å². The molecule has 1 atom stereocenters. The summed E-state index contributed by atoms with van der Waals surface area (Å²) in [4.78, 5) is 40.7. The van der Waals surface area contributed by atoms with Crippen molar-refractivity contribution in [3.05, 3.63) is 57.4 Å². The number of carbonyl (C=O) groups is 3. The van der Waals surface area contributed by atoms with Crippen molar-refractivity contribution in [2.45, 2.75) is 47.1 Å². The minimum absolute atomic E-state index is 0.202. The molecule has 168 valence electrons. The van der Waals surface area contributed by atoms with Crippen LogP contribution in [0.4, 0.5) is 0 Å². The molecule has 0 saturated heterocycles. The van der Waals surface area contributed by atoms with Gasteiger partial charge in [0.15, 0.2) is 5.78 Å². The van der Waals surface area contributed by atoms with Crippen LogP contribution in [-0.2, 0) is 11.8 Å². The molecule has 0 aliphatic rings. The highest BCUT2D eigenvalue weighted by Crippen LogP contribution is 2.25. The molecule has 0 radical (unpaired) electrons. The van der Waals surface area contributed by atoms with Gasteiger partial charge in [-0.1, -0.05) is 25.4 Å². The lowest BCUT2D eigenvalue weighted by Crippen LogP contribution is -2.44. The van der Waals surface area contributed by atoms with E-state index in [1.807, 2.05) is 0 Å². The second kappa shape index (κ2) is 10.1. The SMILES string of the molecule is COC(=O)c1c(C)c(C(=O)C(C)N(CCC(C)C)C(=O)c2ccc(Cl)cc2)c(C)n1C. The number of Topliss-reactive ketones (excluding diaryl/α,β-unsaturated/α-hetero) is 1. The van der Waals surface area contributed by atoms with Gasteiger partial charge in [0, 0.05) is 35.4 Å². The van der Waals surface area contributed by atoms with Crippen molar-refractivity contribution in [2.75, 3.05) is 13.7 Å². The molecule has 1 heterocycles. The number of aromatic nitrogens is 1. The van der Waals surface area contributed by atoms with Crippen LogP contribution in [0.5, 0.6) is 0 Å². The number of esters is 1. The number of benzene rings is 1. The summed E-state index contributed by atoms with van der Waals surface area (Å²) in [6.07, 6.45) is 0.761. The Morgan fingerprint density at radius 1 is 1.10 bits per heavy atom. The first-order chi connectivity index (χ1) is 14.5. The topological polar surface area (TPSA) is 68.6 Å². The summed E-state index contributed by atoms with van der Waals surface area (Å²) in [5.41, 5.74) is 2.50. The fraction of sp³-hybridized carbons (Fsp3) is 0.458. The molecule has 0 aliphatic heterocycles. The Hall–Kier alpha value is -2.60. The van der Waals surface area contributed by atoms with E-state index in [1.54, 1.807) is 61.6 Å². The van der Waals surface area contributed by atoms with Crippen LogP contribution >= 0.6 is 11.6 Å². The highest BCUT2D eigenvalue weighted by atomic mass is 35.5. The Balaban J connectivity index is 2.46. The van der Waals surface area contributed by atoms with Crippen molar-refractivity contribution in [1.82, 2.24) is 9.47 Å². The third-order valence-electron chi connectivity index (χ3n) is 5.70. The zero-order chi connectivity index (χ0) is 23.5. The minimum Gasteiger partial charge on any atom is -0.464 e. The van der Waals surface area contributed by atoms with E-state index < -0.39 is 12.0 Å². The van der Waals surface area contributed by atoms with Gasteiger partial charge in [0.25, 0.3) is 5.91 Å². The quantitative estimate of drug-likeness (QED) is 0.429. The molecule has 0 aliphatic carbocycles. The fourth-order valence-corrected chi connectivity index (χ4v) is 3.83. The van der Waals surface area contributed by atoms with Gasteiger partial charge in [-0.3, -0.25) is 9.59 Å². The average molecular weight is 447 g/mol. The van der Waals surface area contributed by atoms with Crippen molar-refractivity contribution >= 4 is 29.3 Å². The van der Waals surface area contributed by atoms with E-state index >= 15 is 0 Å². The molecule has 0 spiro atoms. The van der Waals surface area contributed by atoms with Gasteiger partial charge >= 0.3 is 5.97 Å². The fourth-order valence-electron chi connectivity index (χ4n) is 3.70. The summed E-state index contributed by atoms with van der Waals surface area (Å²) in [5, 5.41) is 0.542. The van der Waals surface area contributed by atoms with E-state index in [0.717, 1.165) is 6.42 Å². The molecule has 2 aromatic rings. The molecule has 1 aromatic carbocycles. The van der Waals surface area contributed by atoms with Crippen LogP contribution in [0.3, 0.4) is 0 Å². The van der Waals surface area contributed by atoms with Crippen LogP contribution in [0, 0.1) is 19.8 Å². The number of hydrogen-bond donors (Lipinski definition) is 0. The maximum absolute atomic E-state index is 13.6. The summed E-state index contributed by atoms with van der Waals surface area (Å²) in [6.45, 7) is 9.86. The van der Waals surface area contributed by atoms with Gasteiger partial charge in [-0.2, -0.15) is 0 Å². The Labute approximate surface area is 189 Å². The van der Waals surface area contributed by atoms with Crippen LogP contribution < -0.4 is 0 Å². The predicted octanol–water partition coefficient (Wildman–Crippen LogP) is 4.84. The van der Waals surface area contributed by atoms with E-state index in [0.29, 0.717) is 45.6 Å². The number of methoxy groups -OCH3 is 1. The van der Waals surface area contributed by atoms with E-state index in [-0.39, 0.29) is 11.7 Å². The van der Waals surface area contributed by atoms with Crippen molar-refractivity contribution < 1.29 is 19.1 Å². The lowest BCUT2D eigenvalue weighted by atomic mass is 9.98. The zero-order valence-electron chi connectivity index (χ0n) is 19.3.